The largest absolute Gasteiger partial charge is 0.355 e. The molecule has 2 fully saturated rings. The Hall–Kier alpha value is -0.570. The molecule has 0 radical (unpaired) electrons. The molecule has 0 spiro atoms. The van der Waals surface area contributed by atoms with Crippen molar-refractivity contribution in [3.8, 4) is 0 Å². The van der Waals surface area contributed by atoms with E-state index < -0.39 is 0 Å². The van der Waals surface area contributed by atoms with Gasteiger partial charge in [-0.25, -0.2) is 0 Å². The molecule has 26 heavy (non-hydrogen) atoms. The van der Waals surface area contributed by atoms with Gasteiger partial charge in [-0.3, -0.25) is 14.7 Å². The summed E-state index contributed by atoms with van der Waals surface area (Å²) < 4.78 is 0. The zero-order chi connectivity index (χ0) is 18.1. The van der Waals surface area contributed by atoms with Crippen LogP contribution in [0.5, 0.6) is 0 Å². The fraction of sp³-hybridized carbons (Fsp3) is 0.895. The minimum atomic E-state index is 0. The number of carbonyl (C=O) groups is 1. The van der Waals surface area contributed by atoms with Crippen LogP contribution in [-0.2, 0) is 4.79 Å². The molecule has 1 aliphatic carbocycles. The van der Waals surface area contributed by atoms with Crippen LogP contribution in [0.1, 0.15) is 52.4 Å². The summed E-state index contributed by atoms with van der Waals surface area (Å²) in [4.78, 5) is 18.6. The van der Waals surface area contributed by atoms with E-state index in [1.807, 2.05) is 0 Å². The van der Waals surface area contributed by atoms with E-state index in [0.29, 0.717) is 25.0 Å². The predicted molar refractivity (Wildman–Crippen MR) is 119 cm³/mol. The molecule has 2 rings (SSSR count). The maximum atomic E-state index is 11.6. The topological polar surface area (TPSA) is 68.8 Å². The van der Waals surface area contributed by atoms with Gasteiger partial charge >= 0.3 is 0 Å². The van der Waals surface area contributed by atoms with E-state index in [1.165, 1.54) is 38.8 Å². The van der Waals surface area contributed by atoms with Gasteiger partial charge in [0.1, 0.15) is 0 Å². The van der Waals surface area contributed by atoms with Crippen molar-refractivity contribution >= 4 is 35.8 Å². The highest BCUT2D eigenvalue weighted by atomic mass is 127. The number of hydrogen-bond acceptors (Lipinski definition) is 3. The third-order valence-electron chi connectivity index (χ3n) is 5.25. The molecule has 6 nitrogen and oxygen atoms in total. The minimum Gasteiger partial charge on any atom is -0.355 e. The van der Waals surface area contributed by atoms with Crippen molar-refractivity contribution in [3.05, 3.63) is 0 Å². The highest BCUT2D eigenvalue weighted by Gasteiger charge is 2.29. The number of aliphatic imine (C=N–C) groups is 1. The first kappa shape index (κ1) is 23.5. The van der Waals surface area contributed by atoms with Gasteiger partial charge < -0.3 is 16.0 Å². The highest BCUT2D eigenvalue weighted by molar-refractivity contribution is 14.0. The molecule has 0 aromatic carbocycles. The highest BCUT2D eigenvalue weighted by Crippen LogP contribution is 2.28. The van der Waals surface area contributed by atoms with Crippen molar-refractivity contribution in [3.63, 3.8) is 0 Å². The van der Waals surface area contributed by atoms with Crippen LogP contribution in [0.25, 0.3) is 0 Å². The van der Waals surface area contributed by atoms with Crippen LogP contribution < -0.4 is 16.0 Å². The van der Waals surface area contributed by atoms with Gasteiger partial charge in [-0.05, 0) is 44.7 Å². The zero-order valence-corrected chi connectivity index (χ0v) is 19.1. The Morgan fingerprint density at radius 2 is 1.65 bits per heavy atom. The lowest BCUT2D eigenvalue weighted by Crippen LogP contribution is -2.50. The second-order valence-corrected chi connectivity index (χ2v) is 7.71. The summed E-state index contributed by atoms with van der Waals surface area (Å²) in [6.45, 7) is 9.30. The summed E-state index contributed by atoms with van der Waals surface area (Å²) in [5, 5.41) is 9.75. The van der Waals surface area contributed by atoms with Gasteiger partial charge in [0.05, 0.1) is 0 Å². The third-order valence-corrected chi connectivity index (χ3v) is 5.25. The zero-order valence-electron chi connectivity index (χ0n) is 16.7. The van der Waals surface area contributed by atoms with Gasteiger partial charge in [0.15, 0.2) is 5.96 Å². The van der Waals surface area contributed by atoms with Crippen LogP contribution in [0, 0.1) is 11.8 Å². The fourth-order valence-corrected chi connectivity index (χ4v) is 3.49. The summed E-state index contributed by atoms with van der Waals surface area (Å²) in [7, 11) is 1.80. The first-order valence-corrected chi connectivity index (χ1v) is 10.1. The Bertz CT molecular complexity index is 432. The van der Waals surface area contributed by atoms with Crippen molar-refractivity contribution in [2.24, 2.45) is 16.8 Å². The van der Waals surface area contributed by atoms with E-state index >= 15 is 0 Å². The van der Waals surface area contributed by atoms with Gasteiger partial charge in [0.25, 0.3) is 0 Å². The number of likely N-dealkylation sites (tertiary alicyclic amines) is 1. The molecule has 0 aromatic rings. The Balaban J connectivity index is 0.00000338. The van der Waals surface area contributed by atoms with E-state index in [4.69, 9.17) is 0 Å². The molecular weight excluding hydrogens is 441 g/mol. The minimum absolute atomic E-state index is 0. The first-order chi connectivity index (χ1) is 12.1. The van der Waals surface area contributed by atoms with Crippen LogP contribution in [0.2, 0.25) is 0 Å². The normalized spacial score (nSPS) is 20.1. The van der Waals surface area contributed by atoms with Gasteiger partial charge in [-0.1, -0.05) is 26.7 Å². The number of guanidine groups is 1. The summed E-state index contributed by atoms with van der Waals surface area (Å²) >= 11 is 0. The van der Waals surface area contributed by atoms with Crippen LogP contribution in [0.4, 0.5) is 0 Å². The number of nitrogens with one attached hydrogen (secondary N) is 3. The molecule has 1 amide bonds. The van der Waals surface area contributed by atoms with Crippen molar-refractivity contribution in [1.82, 2.24) is 20.9 Å². The molecule has 1 unspecified atom stereocenters. The molecule has 0 bridgehead atoms. The Labute approximate surface area is 176 Å². The van der Waals surface area contributed by atoms with Gasteiger partial charge in [0.2, 0.25) is 5.91 Å². The fourth-order valence-electron chi connectivity index (χ4n) is 3.49. The van der Waals surface area contributed by atoms with E-state index in [9.17, 15) is 4.79 Å². The molecule has 3 N–H and O–H groups in total. The molecule has 1 aliphatic heterocycles. The average molecular weight is 479 g/mol. The molecule has 7 heteroatoms. The summed E-state index contributed by atoms with van der Waals surface area (Å²) in [5.74, 6) is 1.91. The smallest absolute Gasteiger partial charge is 0.223 e. The summed E-state index contributed by atoms with van der Waals surface area (Å²) in [6, 6.07) is 0.534. The molecule has 152 valence electrons. The number of carbonyl (C=O) groups excluding carboxylic acids is 1. The van der Waals surface area contributed by atoms with E-state index in [2.05, 4.69) is 39.7 Å². The van der Waals surface area contributed by atoms with Crippen LogP contribution in [0.15, 0.2) is 4.99 Å². The van der Waals surface area contributed by atoms with Crippen LogP contribution in [-0.4, -0.2) is 62.6 Å². The van der Waals surface area contributed by atoms with Crippen molar-refractivity contribution in [2.75, 3.05) is 39.8 Å². The predicted octanol–water partition coefficient (Wildman–Crippen LogP) is 2.20. The van der Waals surface area contributed by atoms with Crippen LogP contribution in [0.3, 0.4) is 0 Å². The number of amides is 1. The monoisotopic (exact) mass is 479 g/mol. The van der Waals surface area contributed by atoms with E-state index in [0.717, 1.165) is 25.3 Å². The second-order valence-electron chi connectivity index (χ2n) is 7.71. The summed E-state index contributed by atoms with van der Waals surface area (Å²) in [6.07, 6.45) is 7.47. The Morgan fingerprint density at radius 1 is 1.04 bits per heavy atom. The van der Waals surface area contributed by atoms with Crippen LogP contribution >= 0.6 is 24.0 Å². The average Bonchev–Trinajstić information content (AvgIpc) is 3.43. The van der Waals surface area contributed by atoms with E-state index in [1.54, 1.807) is 7.05 Å². The molecule has 2 aliphatic rings. The van der Waals surface area contributed by atoms with Gasteiger partial charge in [-0.2, -0.15) is 0 Å². The second kappa shape index (κ2) is 12.8. The SMILES string of the molecule is CN=C(NCCNC(=O)C1CC1)NCC(C(C)C)N1CCCCCC1.I. The standard InChI is InChI=1S/C19H37N5O.HI/c1-15(2)17(24-12-6-4-5-7-13-24)14-23-19(20-3)22-11-10-21-18(25)16-8-9-16;/h15-17H,4-14H2,1-3H3,(H,21,25)(H2,20,22,23);1H. The number of hydrogen-bond donors (Lipinski definition) is 3. The van der Waals surface area contributed by atoms with Gasteiger partial charge in [0, 0.05) is 38.6 Å². The first-order valence-electron chi connectivity index (χ1n) is 10.1. The molecule has 1 saturated carbocycles. The number of nitrogens with zero attached hydrogens (tertiary/aromatic N) is 2. The maximum Gasteiger partial charge on any atom is 0.223 e. The lowest BCUT2D eigenvalue weighted by molar-refractivity contribution is -0.122. The van der Waals surface area contributed by atoms with Crippen molar-refractivity contribution < 1.29 is 4.79 Å². The maximum absolute atomic E-state index is 11.6. The Morgan fingerprint density at radius 3 is 2.19 bits per heavy atom. The number of halogens is 1. The quantitative estimate of drug-likeness (QED) is 0.216. The summed E-state index contributed by atoms with van der Waals surface area (Å²) in [5.41, 5.74) is 0. The molecular formula is C19H38IN5O. The molecule has 0 aromatic heterocycles. The van der Waals surface area contributed by atoms with E-state index in [-0.39, 0.29) is 35.8 Å². The third kappa shape index (κ3) is 8.41. The number of rotatable bonds is 8. The van der Waals surface area contributed by atoms with Crippen molar-refractivity contribution in [1.29, 1.82) is 0 Å². The van der Waals surface area contributed by atoms with Crippen molar-refractivity contribution in [2.45, 2.75) is 58.4 Å². The molecule has 1 heterocycles. The Kier molecular flexibility index (Phi) is 11.5. The lowest BCUT2D eigenvalue weighted by Gasteiger charge is -2.34. The molecule has 1 atom stereocenters. The van der Waals surface area contributed by atoms with Gasteiger partial charge in [-0.15, -0.1) is 24.0 Å². The lowest BCUT2D eigenvalue weighted by atomic mass is 10.0. The molecule has 1 saturated heterocycles.